The lowest BCUT2D eigenvalue weighted by Gasteiger charge is -2.13. The Balaban J connectivity index is 2.33. The first-order valence-corrected chi connectivity index (χ1v) is 3.72. The summed E-state index contributed by atoms with van der Waals surface area (Å²) in [4.78, 5) is 11.0. The Morgan fingerprint density at radius 1 is 1.40 bits per heavy atom. The molecule has 0 radical (unpaired) electrons. The molecule has 0 aromatic carbocycles. The molecule has 0 unspecified atom stereocenters. The summed E-state index contributed by atoms with van der Waals surface area (Å²) >= 11 is 0. The fourth-order valence-corrected chi connectivity index (χ4v) is 1.89. The molecule has 2 heteroatoms. The van der Waals surface area contributed by atoms with E-state index in [1.165, 1.54) is 6.08 Å². The molecule has 0 spiro atoms. The van der Waals surface area contributed by atoms with Crippen molar-refractivity contribution in [2.75, 3.05) is 0 Å². The van der Waals surface area contributed by atoms with Gasteiger partial charge in [-0.15, -0.1) is 0 Å². The van der Waals surface area contributed by atoms with Crippen LogP contribution in [-0.4, -0.2) is 10.9 Å². The van der Waals surface area contributed by atoms with Gasteiger partial charge in [0.25, 0.3) is 0 Å². The van der Waals surface area contributed by atoms with Crippen molar-refractivity contribution in [3.8, 4) is 0 Å². The zero-order chi connectivity index (χ0) is 7.14. The maximum Gasteiger partial charge on any atom is 0.162 e. The molecule has 2 rings (SSSR count). The Morgan fingerprint density at radius 2 is 2.10 bits per heavy atom. The minimum Gasteiger partial charge on any atom is -0.512 e. The molecule has 0 aromatic rings. The Bertz CT molecular complexity index is 205. The van der Waals surface area contributed by atoms with Gasteiger partial charge in [0, 0.05) is 17.9 Å². The quantitative estimate of drug-likeness (QED) is 0.549. The number of ketones is 1. The number of carbonyl (C=O) groups is 1. The van der Waals surface area contributed by atoms with Crippen molar-refractivity contribution in [3.63, 3.8) is 0 Å². The molecule has 54 valence electrons. The SMILES string of the molecule is O=C1C=C(O)[C@@H]2CC[C@H]1C2. The van der Waals surface area contributed by atoms with E-state index >= 15 is 0 Å². The summed E-state index contributed by atoms with van der Waals surface area (Å²) in [5.41, 5.74) is 0. The third kappa shape index (κ3) is 0.681. The fourth-order valence-electron chi connectivity index (χ4n) is 1.89. The van der Waals surface area contributed by atoms with Crippen LogP contribution in [0.4, 0.5) is 0 Å². The van der Waals surface area contributed by atoms with Gasteiger partial charge in [-0.25, -0.2) is 0 Å². The van der Waals surface area contributed by atoms with Crippen molar-refractivity contribution in [2.45, 2.75) is 19.3 Å². The van der Waals surface area contributed by atoms with Crippen LogP contribution in [0.2, 0.25) is 0 Å². The van der Waals surface area contributed by atoms with Crippen LogP contribution in [0.1, 0.15) is 19.3 Å². The lowest BCUT2D eigenvalue weighted by atomic mass is 9.93. The summed E-state index contributed by atoms with van der Waals surface area (Å²) in [7, 11) is 0. The molecule has 0 aliphatic heterocycles. The molecule has 2 atom stereocenters. The summed E-state index contributed by atoms with van der Waals surface area (Å²) in [6.07, 6.45) is 4.27. The maximum absolute atomic E-state index is 11.0. The van der Waals surface area contributed by atoms with Crippen LogP contribution in [0.3, 0.4) is 0 Å². The second kappa shape index (κ2) is 1.84. The fraction of sp³-hybridized carbons (Fsp3) is 0.625. The van der Waals surface area contributed by atoms with Crippen LogP contribution in [0.25, 0.3) is 0 Å². The average molecular weight is 138 g/mol. The van der Waals surface area contributed by atoms with Gasteiger partial charge in [0.2, 0.25) is 0 Å². The molecule has 10 heavy (non-hydrogen) atoms. The second-order valence-corrected chi connectivity index (χ2v) is 3.18. The lowest BCUT2D eigenvalue weighted by Crippen LogP contribution is -2.15. The number of aliphatic hydroxyl groups excluding tert-OH is 1. The van der Waals surface area contributed by atoms with E-state index in [0.717, 1.165) is 19.3 Å². The number of hydrogen-bond donors (Lipinski definition) is 1. The van der Waals surface area contributed by atoms with Gasteiger partial charge >= 0.3 is 0 Å². The predicted molar refractivity (Wildman–Crippen MR) is 36.5 cm³/mol. The molecule has 2 bridgehead atoms. The maximum atomic E-state index is 11.0. The number of allylic oxidation sites excluding steroid dienone is 2. The molecule has 2 aliphatic carbocycles. The topological polar surface area (TPSA) is 37.3 Å². The summed E-state index contributed by atoms with van der Waals surface area (Å²) in [5, 5.41) is 9.21. The molecule has 1 N–H and O–H groups in total. The summed E-state index contributed by atoms with van der Waals surface area (Å²) in [6.45, 7) is 0. The third-order valence-electron chi connectivity index (χ3n) is 2.54. The molecule has 0 heterocycles. The Hall–Kier alpha value is -0.790. The molecular formula is C8H10O2. The van der Waals surface area contributed by atoms with Gasteiger partial charge in [-0.05, 0) is 19.3 Å². The number of fused-ring (bicyclic) bond motifs is 2. The van der Waals surface area contributed by atoms with Crippen LogP contribution in [-0.2, 0) is 4.79 Å². The molecule has 1 saturated carbocycles. The molecule has 0 saturated heterocycles. The molecule has 2 aliphatic rings. The number of rotatable bonds is 0. The zero-order valence-corrected chi connectivity index (χ0v) is 5.71. The third-order valence-corrected chi connectivity index (χ3v) is 2.54. The van der Waals surface area contributed by atoms with Gasteiger partial charge in [0.1, 0.15) is 0 Å². The normalized spacial score (nSPS) is 38.0. The monoisotopic (exact) mass is 138 g/mol. The van der Waals surface area contributed by atoms with E-state index in [1.807, 2.05) is 0 Å². The van der Waals surface area contributed by atoms with E-state index in [-0.39, 0.29) is 11.7 Å². The first-order valence-electron chi connectivity index (χ1n) is 3.72. The van der Waals surface area contributed by atoms with Gasteiger partial charge in [0.15, 0.2) is 5.78 Å². The van der Waals surface area contributed by atoms with Gasteiger partial charge in [0.05, 0.1) is 5.76 Å². The Morgan fingerprint density at radius 3 is 2.90 bits per heavy atom. The molecule has 0 aromatic heterocycles. The minimum absolute atomic E-state index is 0.131. The van der Waals surface area contributed by atoms with E-state index < -0.39 is 0 Å². The summed E-state index contributed by atoms with van der Waals surface area (Å²) < 4.78 is 0. The highest BCUT2D eigenvalue weighted by Crippen LogP contribution is 2.39. The predicted octanol–water partition coefficient (Wildman–Crippen LogP) is 1.43. The van der Waals surface area contributed by atoms with E-state index in [2.05, 4.69) is 0 Å². The standard InChI is InChI=1S/C8H10O2/c9-7-4-8(10)6-2-1-5(7)3-6/h4-6,9H,1-3H2/t5-,6+/m1/s1. The van der Waals surface area contributed by atoms with Crippen molar-refractivity contribution in [1.82, 2.24) is 0 Å². The molecule has 0 amide bonds. The lowest BCUT2D eigenvalue weighted by molar-refractivity contribution is -0.118. The van der Waals surface area contributed by atoms with E-state index in [9.17, 15) is 9.90 Å². The highest BCUT2D eigenvalue weighted by atomic mass is 16.3. The van der Waals surface area contributed by atoms with E-state index in [4.69, 9.17) is 0 Å². The Labute approximate surface area is 59.5 Å². The molecule has 2 nitrogen and oxygen atoms in total. The summed E-state index contributed by atoms with van der Waals surface area (Å²) in [6, 6.07) is 0. The summed E-state index contributed by atoms with van der Waals surface area (Å²) in [5.74, 6) is 0.994. The first kappa shape index (κ1) is 5.96. The van der Waals surface area contributed by atoms with Crippen LogP contribution >= 0.6 is 0 Å². The zero-order valence-electron chi connectivity index (χ0n) is 5.71. The number of hydrogen-bond acceptors (Lipinski definition) is 2. The molecule has 1 fully saturated rings. The Kier molecular flexibility index (Phi) is 1.10. The number of carbonyl (C=O) groups excluding carboxylic acids is 1. The van der Waals surface area contributed by atoms with Gasteiger partial charge in [-0.2, -0.15) is 0 Å². The van der Waals surface area contributed by atoms with Crippen molar-refractivity contribution in [2.24, 2.45) is 11.8 Å². The highest BCUT2D eigenvalue weighted by molar-refractivity contribution is 5.93. The van der Waals surface area contributed by atoms with Crippen LogP contribution in [0.15, 0.2) is 11.8 Å². The first-order chi connectivity index (χ1) is 4.77. The van der Waals surface area contributed by atoms with Gasteiger partial charge in [-0.1, -0.05) is 0 Å². The van der Waals surface area contributed by atoms with Crippen LogP contribution in [0.5, 0.6) is 0 Å². The van der Waals surface area contributed by atoms with Crippen molar-refractivity contribution < 1.29 is 9.90 Å². The highest BCUT2D eigenvalue weighted by Gasteiger charge is 2.35. The minimum atomic E-state index is 0.131. The van der Waals surface area contributed by atoms with Gasteiger partial charge in [-0.3, -0.25) is 4.79 Å². The van der Waals surface area contributed by atoms with Crippen molar-refractivity contribution >= 4 is 5.78 Å². The molecular weight excluding hydrogens is 128 g/mol. The van der Waals surface area contributed by atoms with Crippen molar-refractivity contribution in [3.05, 3.63) is 11.8 Å². The van der Waals surface area contributed by atoms with Crippen molar-refractivity contribution in [1.29, 1.82) is 0 Å². The van der Waals surface area contributed by atoms with Crippen LogP contribution in [0, 0.1) is 11.8 Å². The van der Waals surface area contributed by atoms with E-state index in [0.29, 0.717) is 11.7 Å². The number of aliphatic hydroxyl groups is 1. The largest absolute Gasteiger partial charge is 0.512 e. The smallest absolute Gasteiger partial charge is 0.162 e. The second-order valence-electron chi connectivity index (χ2n) is 3.18. The van der Waals surface area contributed by atoms with E-state index in [1.54, 1.807) is 0 Å². The van der Waals surface area contributed by atoms with Crippen LogP contribution < -0.4 is 0 Å². The van der Waals surface area contributed by atoms with Gasteiger partial charge < -0.3 is 5.11 Å². The average Bonchev–Trinajstić information content (AvgIpc) is 2.28.